The summed E-state index contributed by atoms with van der Waals surface area (Å²) in [5.74, 6) is 0.623. The fourth-order valence-corrected chi connectivity index (χ4v) is 6.42. The number of nitrogens with zero attached hydrogens (tertiary/aromatic N) is 1. The summed E-state index contributed by atoms with van der Waals surface area (Å²) in [5, 5.41) is 2.51. The topological polar surface area (TPSA) is 26.0 Å². The van der Waals surface area contributed by atoms with Gasteiger partial charge in [0.25, 0.3) is 0 Å². The highest BCUT2D eigenvalue weighted by Gasteiger charge is 2.22. The van der Waals surface area contributed by atoms with E-state index in [1.165, 1.54) is 42.8 Å². The quantitative estimate of drug-likeness (QED) is 0.233. The van der Waals surface area contributed by atoms with Crippen molar-refractivity contribution in [1.29, 1.82) is 0 Å². The van der Waals surface area contributed by atoms with Gasteiger partial charge in [-0.25, -0.2) is 4.98 Å². The van der Waals surface area contributed by atoms with Gasteiger partial charge >= 0.3 is 0 Å². The molecule has 0 saturated heterocycles. The maximum atomic E-state index is 6.00. The van der Waals surface area contributed by atoms with E-state index in [-0.39, 0.29) is 0 Å². The van der Waals surface area contributed by atoms with Crippen LogP contribution in [0.2, 0.25) is 0 Å². The molecule has 0 spiro atoms. The second-order valence-electron chi connectivity index (χ2n) is 9.17. The Kier molecular flexibility index (Phi) is 5.69. The molecule has 0 N–H and O–H groups in total. The van der Waals surface area contributed by atoms with Gasteiger partial charge in [-0.15, -0.1) is 11.3 Å². The number of thiophene rings is 1. The molecular weight excluding hydrogens is 482 g/mol. The fourth-order valence-electron chi connectivity index (χ4n) is 5.06. The lowest BCUT2D eigenvalue weighted by Gasteiger charge is -2.14. The summed E-state index contributed by atoms with van der Waals surface area (Å²) in [5.41, 5.74) is 7.61. The summed E-state index contributed by atoms with van der Waals surface area (Å²) in [4.78, 5) is 7.46. The van der Waals surface area contributed by atoms with Crippen LogP contribution in [0.15, 0.2) is 144 Å². The Balaban J connectivity index is 1.51. The van der Waals surface area contributed by atoms with E-state index < -0.39 is 0 Å². The molecule has 180 valence electrons. The van der Waals surface area contributed by atoms with Crippen molar-refractivity contribution in [2.75, 3.05) is 0 Å². The third-order valence-corrected chi connectivity index (χ3v) is 8.12. The van der Waals surface area contributed by atoms with E-state index in [2.05, 4.69) is 103 Å². The van der Waals surface area contributed by atoms with Crippen LogP contribution in [0.25, 0.3) is 65.5 Å². The zero-order valence-corrected chi connectivity index (χ0v) is 21.4. The molecule has 0 amide bonds. The van der Waals surface area contributed by atoms with Crippen molar-refractivity contribution >= 4 is 22.1 Å². The summed E-state index contributed by atoms with van der Waals surface area (Å²) in [6.07, 6.45) is 1.78. The normalized spacial score (nSPS) is 11.2. The van der Waals surface area contributed by atoms with Crippen LogP contribution in [-0.2, 0) is 0 Å². The summed E-state index contributed by atoms with van der Waals surface area (Å²) in [6, 6.07) is 46.5. The van der Waals surface area contributed by atoms with Gasteiger partial charge < -0.3 is 4.42 Å². The van der Waals surface area contributed by atoms with Crippen LogP contribution in [0.1, 0.15) is 0 Å². The number of hydrogen-bond acceptors (Lipinski definition) is 3. The van der Waals surface area contributed by atoms with Gasteiger partial charge in [-0.1, -0.05) is 121 Å². The molecule has 0 unspecified atom stereocenters. The Morgan fingerprint density at radius 2 is 1.03 bits per heavy atom. The number of rotatable bonds is 5. The minimum Gasteiger partial charge on any atom is -0.444 e. The van der Waals surface area contributed by atoms with Crippen molar-refractivity contribution in [3.8, 4) is 54.7 Å². The molecule has 0 aliphatic heterocycles. The van der Waals surface area contributed by atoms with Crippen LogP contribution in [0.4, 0.5) is 0 Å². The van der Waals surface area contributed by atoms with Crippen LogP contribution in [-0.4, -0.2) is 4.98 Å². The van der Waals surface area contributed by atoms with Gasteiger partial charge in [0.05, 0.1) is 0 Å². The van der Waals surface area contributed by atoms with Gasteiger partial charge in [0, 0.05) is 37.2 Å². The van der Waals surface area contributed by atoms with Crippen molar-refractivity contribution in [1.82, 2.24) is 4.98 Å². The van der Waals surface area contributed by atoms with Crippen molar-refractivity contribution in [3.63, 3.8) is 0 Å². The minimum absolute atomic E-state index is 0.623. The Morgan fingerprint density at radius 1 is 0.474 bits per heavy atom. The van der Waals surface area contributed by atoms with E-state index in [0.29, 0.717) is 5.89 Å². The molecule has 0 aliphatic rings. The Labute approximate surface area is 225 Å². The maximum absolute atomic E-state index is 6.00. The first-order valence-electron chi connectivity index (χ1n) is 12.6. The van der Waals surface area contributed by atoms with Crippen molar-refractivity contribution in [2.45, 2.75) is 0 Å². The molecule has 38 heavy (non-hydrogen) atoms. The summed E-state index contributed by atoms with van der Waals surface area (Å²) >= 11 is 1.84. The lowest BCUT2D eigenvalue weighted by atomic mass is 9.91. The predicted molar refractivity (Wildman–Crippen MR) is 159 cm³/mol. The standard InChI is InChI=1S/C35H23NOS/c1-4-13-24(14-5-1)27-21-12-22-30(31-23-37-35(36-31)26-17-8-3-9-18-26)32(27)34-29-20-11-10-19-28(29)33(38-34)25-15-6-2-7-16-25/h1-23H. The van der Waals surface area contributed by atoms with Crippen molar-refractivity contribution in [3.05, 3.63) is 140 Å². The first-order chi connectivity index (χ1) is 18.9. The van der Waals surface area contributed by atoms with E-state index in [1.807, 2.05) is 41.7 Å². The largest absolute Gasteiger partial charge is 0.444 e. The Bertz CT molecular complexity index is 1850. The number of benzene rings is 5. The second kappa shape index (κ2) is 9.62. The molecule has 2 nitrogen and oxygen atoms in total. The van der Waals surface area contributed by atoms with E-state index >= 15 is 0 Å². The Hall–Kier alpha value is -4.73. The molecular formula is C35H23NOS. The molecule has 0 bridgehead atoms. The molecule has 2 heterocycles. The van der Waals surface area contributed by atoms with Gasteiger partial charge in [-0.3, -0.25) is 0 Å². The van der Waals surface area contributed by atoms with Gasteiger partial charge in [0.1, 0.15) is 12.0 Å². The van der Waals surface area contributed by atoms with Gasteiger partial charge in [-0.2, -0.15) is 0 Å². The first kappa shape index (κ1) is 22.5. The number of oxazole rings is 1. The smallest absolute Gasteiger partial charge is 0.226 e. The molecule has 3 heteroatoms. The molecule has 0 aliphatic carbocycles. The molecule has 0 saturated carbocycles. The van der Waals surface area contributed by atoms with Crippen molar-refractivity contribution < 1.29 is 4.42 Å². The molecule has 0 atom stereocenters. The minimum atomic E-state index is 0.623. The summed E-state index contributed by atoms with van der Waals surface area (Å²) < 4.78 is 6.00. The van der Waals surface area contributed by atoms with Crippen LogP contribution >= 0.6 is 11.3 Å². The molecule has 0 fully saturated rings. The zero-order valence-electron chi connectivity index (χ0n) is 20.5. The van der Waals surface area contributed by atoms with Crippen LogP contribution < -0.4 is 0 Å². The molecule has 2 aromatic heterocycles. The average Bonchev–Trinajstić information content (AvgIpc) is 3.64. The van der Waals surface area contributed by atoms with Crippen molar-refractivity contribution in [2.24, 2.45) is 0 Å². The van der Waals surface area contributed by atoms with Crippen LogP contribution in [0, 0.1) is 0 Å². The van der Waals surface area contributed by atoms with Gasteiger partial charge in [0.2, 0.25) is 5.89 Å². The van der Waals surface area contributed by atoms with Gasteiger partial charge in [-0.05, 0) is 28.8 Å². The highest BCUT2D eigenvalue weighted by molar-refractivity contribution is 7.21. The van der Waals surface area contributed by atoms with E-state index in [9.17, 15) is 0 Å². The first-order valence-corrected chi connectivity index (χ1v) is 13.5. The molecule has 7 aromatic rings. The molecule has 7 rings (SSSR count). The number of hydrogen-bond donors (Lipinski definition) is 0. The molecule has 0 radical (unpaired) electrons. The lowest BCUT2D eigenvalue weighted by Crippen LogP contribution is -1.90. The van der Waals surface area contributed by atoms with E-state index in [4.69, 9.17) is 9.40 Å². The zero-order chi connectivity index (χ0) is 25.3. The third kappa shape index (κ3) is 3.94. The number of aromatic nitrogens is 1. The fraction of sp³-hybridized carbons (Fsp3) is 0. The van der Waals surface area contributed by atoms with E-state index in [1.54, 1.807) is 6.26 Å². The Morgan fingerprint density at radius 3 is 1.71 bits per heavy atom. The molecule has 5 aromatic carbocycles. The van der Waals surface area contributed by atoms with Gasteiger partial charge in [0.15, 0.2) is 0 Å². The highest BCUT2D eigenvalue weighted by Crippen LogP contribution is 2.49. The lowest BCUT2D eigenvalue weighted by molar-refractivity contribution is 0.575. The third-order valence-electron chi connectivity index (χ3n) is 6.83. The maximum Gasteiger partial charge on any atom is 0.226 e. The highest BCUT2D eigenvalue weighted by atomic mass is 32.1. The monoisotopic (exact) mass is 505 g/mol. The number of fused-ring (bicyclic) bond motifs is 1. The average molecular weight is 506 g/mol. The van der Waals surface area contributed by atoms with Crippen LogP contribution in [0.5, 0.6) is 0 Å². The predicted octanol–water partition coefficient (Wildman–Crippen LogP) is 10.2. The van der Waals surface area contributed by atoms with E-state index in [0.717, 1.165) is 16.8 Å². The van der Waals surface area contributed by atoms with Crippen LogP contribution in [0.3, 0.4) is 0 Å². The SMILES string of the molecule is c1ccc(-c2nc(-c3cccc(-c4ccccc4)c3-c3sc(-c4ccccc4)c4ccccc34)co2)cc1. The summed E-state index contributed by atoms with van der Waals surface area (Å²) in [6.45, 7) is 0. The summed E-state index contributed by atoms with van der Waals surface area (Å²) in [7, 11) is 0. The second-order valence-corrected chi connectivity index (χ2v) is 10.2.